The van der Waals surface area contributed by atoms with Gasteiger partial charge in [0.15, 0.2) is 11.5 Å². The predicted octanol–water partition coefficient (Wildman–Crippen LogP) is 1.92. The van der Waals surface area contributed by atoms with E-state index in [4.69, 9.17) is 9.47 Å². The second-order valence-corrected chi connectivity index (χ2v) is 4.13. The van der Waals surface area contributed by atoms with Crippen molar-refractivity contribution in [3.05, 3.63) is 23.3 Å². The molecule has 0 saturated heterocycles. The minimum absolute atomic E-state index is 0.752. The number of nitrogens with one attached hydrogen (secondary N) is 1. The Morgan fingerprint density at radius 3 is 2.56 bits per heavy atom. The number of aryl methyl sites for hydroxylation is 1. The number of rotatable bonds is 3. The Hall–Kier alpha value is -1.22. The zero-order chi connectivity index (χ0) is 11.4. The second-order valence-electron chi connectivity index (χ2n) is 4.13. The third-order valence-electron chi connectivity index (χ3n) is 2.85. The summed E-state index contributed by atoms with van der Waals surface area (Å²) in [5.74, 6) is 1.79. The number of fused-ring (bicyclic) bond motifs is 1. The summed E-state index contributed by atoms with van der Waals surface area (Å²) in [6, 6.07) is 4.21. The number of benzene rings is 1. The molecule has 1 aromatic rings. The van der Waals surface area contributed by atoms with Gasteiger partial charge in [-0.2, -0.15) is 0 Å². The standard InChI is InChI=1S/C13H19NO2/c1-10-8-12-13(16-7-3-6-15-12)9-11(10)4-5-14-2/h8-9,14H,3-7H2,1-2H3. The number of ether oxygens (including phenoxy) is 2. The van der Waals surface area contributed by atoms with E-state index in [2.05, 4.69) is 24.4 Å². The maximum atomic E-state index is 5.68. The van der Waals surface area contributed by atoms with Crippen LogP contribution in [0.4, 0.5) is 0 Å². The molecule has 3 nitrogen and oxygen atoms in total. The molecule has 1 aliphatic heterocycles. The Balaban J connectivity index is 2.24. The fourth-order valence-corrected chi connectivity index (χ4v) is 1.88. The van der Waals surface area contributed by atoms with Crippen LogP contribution in [0.2, 0.25) is 0 Å². The Morgan fingerprint density at radius 2 is 1.88 bits per heavy atom. The van der Waals surface area contributed by atoms with Crippen LogP contribution < -0.4 is 14.8 Å². The monoisotopic (exact) mass is 221 g/mol. The zero-order valence-electron chi connectivity index (χ0n) is 10.0. The van der Waals surface area contributed by atoms with E-state index in [0.29, 0.717) is 0 Å². The van der Waals surface area contributed by atoms with Crippen LogP contribution in [0.15, 0.2) is 12.1 Å². The Kier molecular flexibility index (Phi) is 3.67. The van der Waals surface area contributed by atoms with Crippen molar-refractivity contribution >= 4 is 0 Å². The van der Waals surface area contributed by atoms with E-state index >= 15 is 0 Å². The van der Waals surface area contributed by atoms with Crippen LogP contribution >= 0.6 is 0 Å². The molecule has 3 heteroatoms. The predicted molar refractivity (Wildman–Crippen MR) is 64.4 cm³/mol. The smallest absolute Gasteiger partial charge is 0.161 e. The van der Waals surface area contributed by atoms with Crippen LogP contribution in [0.3, 0.4) is 0 Å². The van der Waals surface area contributed by atoms with Gasteiger partial charge in [-0.1, -0.05) is 0 Å². The average molecular weight is 221 g/mol. The summed E-state index contributed by atoms with van der Waals surface area (Å²) >= 11 is 0. The van der Waals surface area contributed by atoms with E-state index in [9.17, 15) is 0 Å². The van der Waals surface area contributed by atoms with Gasteiger partial charge in [0.25, 0.3) is 0 Å². The molecule has 0 atom stereocenters. The molecule has 0 aliphatic carbocycles. The first-order valence-corrected chi connectivity index (χ1v) is 5.85. The molecule has 0 radical (unpaired) electrons. The topological polar surface area (TPSA) is 30.5 Å². The average Bonchev–Trinajstić information content (AvgIpc) is 2.50. The summed E-state index contributed by atoms with van der Waals surface area (Å²) in [6.45, 7) is 4.61. The lowest BCUT2D eigenvalue weighted by Gasteiger charge is -2.12. The van der Waals surface area contributed by atoms with Crippen LogP contribution in [0.1, 0.15) is 17.5 Å². The molecule has 1 aromatic carbocycles. The van der Waals surface area contributed by atoms with Gasteiger partial charge in [0.05, 0.1) is 13.2 Å². The van der Waals surface area contributed by atoms with Crippen LogP contribution in [0.25, 0.3) is 0 Å². The maximum absolute atomic E-state index is 5.68. The first-order chi connectivity index (χ1) is 7.81. The molecule has 0 amide bonds. The summed E-state index contributed by atoms with van der Waals surface area (Å²) < 4.78 is 11.3. The molecule has 88 valence electrons. The van der Waals surface area contributed by atoms with Gasteiger partial charge in [0.2, 0.25) is 0 Å². The minimum atomic E-state index is 0.752. The molecule has 0 aromatic heterocycles. The summed E-state index contributed by atoms with van der Waals surface area (Å²) in [6.07, 6.45) is 1.98. The van der Waals surface area contributed by atoms with E-state index in [0.717, 1.165) is 44.1 Å². The summed E-state index contributed by atoms with van der Waals surface area (Å²) in [5, 5.41) is 3.16. The third-order valence-corrected chi connectivity index (χ3v) is 2.85. The molecular formula is C13H19NO2. The zero-order valence-corrected chi connectivity index (χ0v) is 10.0. The molecule has 0 spiro atoms. The quantitative estimate of drug-likeness (QED) is 0.846. The molecule has 0 fully saturated rings. The highest BCUT2D eigenvalue weighted by atomic mass is 16.5. The number of hydrogen-bond acceptors (Lipinski definition) is 3. The normalized spacial score (nSPS) is 14.6. The Morgan fingerprint density at radius 1 is 1.19 bits per heavy atom. The molecule has 16 heavy (non-hydrogen) atoms. The molecule has 0 saturated carbocycles. The SMILES string of the molecule is CNCCc1cc2c(cc1C)OCCCO2. The van der Waals surface area contributed by atoms with Gasteiger partial charge in [0.1, 0.15) is 0 Å². The summed E-state index contributed by atoms with van der Waals surface area (Å²) in [5.41, 5.74) is 2.61. The lowest BCUT2D eigenvalue weighted by atomic mass is 10.0. The van der Waals surface area contributed by atoms with Gasteiger partial charge >= 0.3 is 0 Å². The fraction of sp³-hybridized carbons (Fsp3) is 0.538. The highest BCUT2D eigenvalue weighted by Crippen LogP contribution is 2.32. The van der Waals surface area contributed by atoms with Crippen molar-refractivity contribution in [1.82, 2.24) is 5.32 Å². The van der Waals surface area contributed by atoms with E-state index in [1.54, 1.807) is 0 Å². The van der Waals surface area contributed by atoms with Crippen molar-refractivity contribution in [2.24, 2.45) is 0 Å². The van der Waals surface area contributed by atoms with Gasteiger partial charge in [-0.05, 0) is 50.2 Å². The maximum Gasteiger partial charge on any atom is 0.161 e. The van der Waals surface area contributed by atoms with Crippen molar-refractivity contribution in [3.8, 4) is 11.5 Å². The molecule has 0 unspecified atom stereocenters. The Bertz CT molecular complexity index is 363. The fourth-order valence-electron chi connectivity index (χ4n) is 1.88. The summed E-state index contributed by atoms with van der Waals surface area (Å²) in [4.78, 5) is 0. The van der Waals surface area contributed by atoms with E-state index in [1.807, 2.05) is 7.05 Å². The lowest BCUT2D eigenvalue weighted by molar-refractivity contribution is 0.297. The van der Waals surface area contributed by atoms with Crippen molar-refractivity contribution in [3.63, 3.8) is 0 Å². The second kappa shape index (κ2) is 5.21. The van der Waals surface area contributed by atoms with Gasteiger partial charge in [-0.25, -0.2) is 0 Å². The van der Waals surface area contributed by atoms with Gasteiger partial charge in [-0.3, -0.25) is 0 Å². The first kappa shape index (κ1) is 11.3. The molecule has 1 heterocycles. The van der Waals surface area contributed by atoms with Crippen LogP contribution in [0, 0.1) is 6.92 Å². The van der Waals surface area contributed by atoms with E-state index in [-0.39, 0.29) is 0 Å². The van der Waals surface area contributed by atoms with Crippen molar-refractivity contribution in [1.29, 1.82) is 0 Å². The molecule has 1 aliphatic rings. The van der Waals surface area contributed by atoms with Crippen LogP contribution in [-0.4, -0.2) is 26.8 Å². The first-order valence-electron chi connectivity index (χ1n) is 5.85. The van der Waals surface area contributed by atoms with Gasteiger partial charge in [-0.15, -0.1) is 0 Å². The van der Waals surface area contributed by atoms with Gasteiger partial charge in [0, 0.05) is 6.42 Å². The highest BCUT2D eigenvalue weighted by molar-refractivity contribution is 5.47. The van der Waals surface area contributed by atoms with E-state index in [1.165, 1.54) is 11.1 Å². The molecule has 0 bridgehead atoms. The number of likely N-dealkylation sites (N-methyl/N-ethyl adjacent to an activating group) is 1. The van der Waals surface area contributed by atoms with Gasteiger partial charge < -0.3 is 14.8 Å². The van der Waals surface area contributed by atoms with E-state index < -0.39 is 0 Å². The lowest BCUT2D eigenvalue weighted by Crippen LogP contribution is -2.11. The molecule has 2 rings (SSSR count). The van der Waals surface area contributed by atoms with Crippen LogP contribution in [0.5, 0.6) is 11.5 Å². The third kappa shape index (κ3) is 2.47. The highest BCUT2D eigenvalue weighted by Gasteiger charge is 2.12. The van der Waals surface area contributed by atoms with Crippen molar-refractivity contribution in [2.45, 2.75) is 19.8 Å². The molecular weight excluding hydrogens is 202 g/mol. The summed E-state index contributed by atoms with van der Waals surface area (Å²) in [7, 11) is 1.97. The van der Waals surface area contributed by atoms with Crippen LogP contribution in [-0.2, 0) is 6.42 Å². The number of hydrogen-bond donors (Lipinski definition) is 1. The molecule has 1 N–H and O–H groups in total. The van der Waals surface area contributed by atoms with Crippen molar-refractivity contribution in [2.75, 3.05) is 26.8 Å². The van der Waals surface area contributed by atoms with Crippen molar-refractivity contribution < 1.29 is 9.47 Å². The minimum Gasteiger partial charge on any atom is -0.490 e. The largest absolute Gasteiger partial charge is 0.490 e. The Labute approximate surface area is 96.8 Å².